The molecule has 10 nitrogen and oxygen atoms in total. The predicted octanol–water partition coefficient (Wildman–Crippen LogP) is -1.35. The van der Waals surface area contributed by atoms with Crippen molar-refractivity contribution in [3.63, 3.8) is 0 Å². The summed E-state index contributed by atoms with van der Waals surface area (Å²) in [5.74, 6) is -0.921. The number of nitrogens with one attached hydrogen (secondary N) is 1. The zero-order valence-electron chi connectivity index (χ0n) is 23.8. The molecule has 3 aromatic carbocycles. The van der Waals surface area contributed by atoms with Gasteiger partial charge >= 0.3 is 65.3 Å². The van der Waals surface area contributed by atoms with Crippen LogP contribution in [-0.2, 0) is 46.7 Å². The summed E-state index contributed by atoms with van der Waals surface area (Å²) in [6, 6.07) is 17.6. The first kappa shape index (κ1) is 37.9. The van der Waals surface area contributed by atoms with E-state index in [1.54, 1.807) is 60.9 Å². The second kappa shape index (κ2) is 15.1. The summed E-state index contributed by atoms with van der Waals surface area (Å²) < 4.78 is 126. The van der Waals surface area contributed by atoms with Gasteiger partial charge in [0, 0.05) is 18.3 Å². The summed E-state index contributed by atoms with van der Waals surface area (Å²) in [5, 5.41) is 1.31. The third kappa shape index (κ3) is 9.50. The van der Waals surface area contributed by atoms with Crippen molar-refractivity contribution >= 4 is 37.1 Å². The fourth-order valence-corrected chi connectivity index (χ4v) is 6.09. The van der Waals surface area contributed by atoms with E-state index in [0.29, 0.717) is 16.5 Å². The van der Waals surface area contributed by atoms with E-state index < -0.39 is 63.4 Å². The fraction of sp³-hybridized carbons (Fsp3) is 0.214. The van der Waals surface area contributed by atoms with Gasteiger partial charge in [-0.1, -0.05) is 60.7 Å². The molecule has 1 aliphatic rings. The van der Waals surface area contributed by atoms with E-state index in [2.05, 4.69) is 4.98 Å². The number of fused-ring (bicyclic) bond motifs is 1. The minimum Gasteiger partial charge on any atom is -0.726 e. The summed E-state index contributed by atoms with van der Waals surface area (Å²) in [5.41, 5.74) is 0.225. The van der Waals surface area contributed by atoms with Gasteiger partial charge in [-0.25, -0.2) is 16.8 Å². The smallest absolute Gasteiger partial charge is 0.726 e. The maximum Gasteiger partial charge on any atom is 1.00 e. The van der Waals surface area contributed by atoms with Crippen LogP contribution < -0.4 is 59.1 Å². The Balaban J connectivity index is 0.00000276. The number of halogens is 3. The van der Waals surface area contributed by atoms with Gasteiger partial charge in [-0.05, 0) is 51.2 Å². The van der Waals surface area contributed by atoms with E-state index in [1.807, 2.05) is 0 Å². The van der Waals surface area contributed by atoms with E-state index in [1.165, 1.54) is 6.08 Å². The van der Waals surface area contributed by atoms with Gasteiger partial charge in [0.25, 0.3) is 0 Å². The van der Waals surface area contributed by atoms with Gasteiger partial charge in [0.1, 0.15) is 12.2 Å². The molecule has 45 heavy (non-hydrogen) atoms. The van der Waals surface area contributed by atoms with Crippen molar-refractivity contribution in [1.29, 1.82) is 0 Å². The van der Waals surface area contributed by atoms with Crippen LogP contribution in [0, 0.1) is 0 Å². The maximum atomic E-state index is 13.0. The summed E-state index contributed by atoms with van der Waals surface area (Å²) in [6.07, 6.45) is -5.42. The van der Waals surface area contributed by atoms with Gasteiger partial charge in [0.15, 0.2) is 0 Å². The molecule has 17 heteroatoms. The van der Waals surface area contributed by atoms with Crippen LogP contribution in [0.5, 0.6) is 0 Å². The van der Waals surface area contributed by atoms with E-state index in [-0.39, 0.29) is 70.3 Å². The minimum atomic E-state index is -5.56. The SMILES string of the molecule is O=S(=O)([O-])O[C@H]1[C@H](OCc2ccc(C(F)(F)F)cc2)[C@@H](c2cc[nH]c2)C=C(c2cccc3ccccc23)[C@H]1OS(=O)(=O)[O-].[Na+].[Na+]. The molecule has 0 bridgehead atoms. The van der Waals surface area contributed by atoms with Crippen LogP contribution >= 0.6 is 0 Å². The molecule has 1 aromatic heterocycles. The molecule has 0 amide bonds. The number of hydrogen-bond donors (Lipinski definition) is 1. The summed E-state index contributed by atoms with van der Waals surface area (Å²) in [7, 11) is -11.1. The summed E-state index contributed by atoms with van der Waals surface area (Å²) >= 11 is 0. The van der Waals surface area contributed by atoms with E-state index >= 15 is 0 Å². The van der Waals surface area contributed by atoms with E-state index in [0.717, 1.165) is 29.7 Å². The third-order valence-electron chi connectivity index (χ3n) is 6.92. The molecule has 0 fully saturated rings. The largest absolute Gasteiger partial charge is 1.00 e. The Labute approximate surface area is 301 Å². The van der Waals surface area contributed by atoms with Crippen LogP contribution in [0.3, 0.4) is 0 Å². The quantitative estimate of drug-likeness (QED) is 0.128. The van der Waals surface area contributed by atoms with Gasteiger partial charge in [0.2, 0.25) is 20.8 Å². The van der Waals surface area contributed by atoms with Crippen molar-refractivity contribution in [2.24, 2.45) is 0 Å². The van der Waals surface area contributed by atoms with Crippen LogP contribution in [0.25, 0.3) is 16.3 Å². The fourth-order valence-electron chi connectivity index (χ4n) is 5.14. The Kier molecular flexibility index (Phi) is 12.7. The van der Waals surface area contributed by atoms with Crippen molar-refractivity contribution in [2.75, 3.05) is 0 Å². The first-order valence-electron chi connectivity index (χ1n) is 12.6. The number of aromatic nitrogens is 1. The molecule has 0 radical (unpaired) electrons. The van der Waals surface area contributed by atoms with Crippen molar-refractivity contribution in [1.82, 2.24) is 4.98 Å². The van der Waals surface area contributed by atoms with Gasteiger partial charge in [-0.3, -0.25) is 8.37 Å². The van der Waals surface area contributed by atoms with Gasteiger partial charge < -0.3 is 18.8 Å². The number of rotatable bonds is 9. The Bertz CT molecular complexity index is 1850. The Morgan fingerprint density at radius 1 is 0.800 bits per heavy atom. The average Bonchev–Trinajstić information content (AvgIpc) is 3.46. The zero-order chi connectivity index (χ0) is 31.0. The van der Waals surface area contributed by atoms with Crippen molar-refractivity contribution < 1.29 is 111 Å². The minimum absolute atomic E-state index is 0. The molecule has 4 aromatic rings. The standard InChI is InChI=1S/C28H24F3NO9S2.2Na/c29-28(30,31)20-10-8-17(9-11-20)16-39-25-23(19-12-13-32-15-19)14-24(22-7-3-5-18-4-1-2-6-21(18)22)26(40-42(33,34)35)27(25)41-43(36,37)38;;/h1-15,23,25-27,32H,16H2,(H,33,34,35)(H,36,37,38);;/q;2*+1/p-2/t23-,25-,26-,27+;;/m1../s1. The van der Waals surface area contributed by atoms with Gasteiger partial charge in [0.05, 0.1) is 18.3 Å². The first-order chi connectivity index (χ1) is 20.2. The number of H-pyrrole nitrogens is 1. The second-order valence-corrected chi connectivity index (χ2v) is 11.7. The Hall–Kier alpha value is -1.57. The summed E-state index contributed by atoms with van der Waals surface area (Å²) in [4.78, 5) is 2.85. The normalized spacial score (nSPS) is 20.6. The Morgan fingerprint density at radius 2 is 1.44 bits per heavy atom. The number of ether oxygens (including phenoxy) is 1. The molecule has 5 rings (SSSR count). The number of aromatic amines is 1. The average molecular weight is 684 g/mol. The predicted molar refractivity (Wildman–Crippen MR) is 145 cm³/mol. The monoisotopic (exact) mass is 683 g/mol. The molecule has 0 aliphatic heterocycles. The maximum absolute atomic E-state index is 13.0. The van der Waals surface area contributed by atoms with Crippen molar-refractivity contribution in [3.05, 3.63) is 114 Å². The summed E-state index contributed by atoms with van der Waals surface area (Å²) in [6.45, 7) is -0.406. The van der Waals surface area contributed by atoms with E-state index in [9.17, 15) is 39.1 Å². The van der Waals surface area contributed by atoms with Crippen LogP contribution in [0.2, 0.25) is 0 Å². The number of hydrogen-bond acceptors (Lipinski definition) is 9. The molecule has 1 heterocycles. The van der Waals surface area contributed by atoms with Crippen LogP contribution in [0.4, 0.5) is 13.2 Å². The molecule has 0 saturated carbocycles. The molecule has 1 aliphatic carbocycles. The zero-order valence-corrected chi connectivity index (χ0v) is 29.4. The van der Waals surface area contributed by atoms with Crippen LogP contribution in [0.1, 0.15) is 28.2 Å². The van der Waals surface area contributed by atoms with Gasteiger partial charge in [-0.2, -0.15) is 13.2 Å². The van der Waals surface area contributed by atoms with Gasteiger partial charge in [-0.15, -0.1) is 0 Å². The molecule has 0 spiro atoms. The van der Waals surface area contributed by atoms with Crippen molar-refractivity contribution in [3.8, 4) is 0 Å². The van der Waals surface area contributed by atoms with E-state index in [4.69, 9.17) is 13.1 Å². The molecule has 0 saturated heterocycles. The van der Waals surface area contributed by atoms with Crippen LogP contribution in [-0.4, -0.2) is 49.2 Å². The Morgan fingerprint density at radius 3 is 2.04 bits per heavy atom. The topological polar surface area (TPSA) is 158 Å². The molecule has 0 unspecified atom stereocenters. The van der Waals surface area contributed by atoms with Crippen molar-refractivity contribution in [2.45, 2.75) is 37.0 Å². The molecule has 1 N–H and O–H groups in total. The second-order valence-electron chi connectivity index (χ2n) is 9.68. The number of alkyl halides is 3. The molecule has 228 valence electrons. The third-order valence-corrected chi connectivity index (χ3v) is 7.82. The van der Waals surface area contributed by atoms with Crippen LogP contribution in [0.15, 0.2) is 91.3 Å². The number of benzene rings is 3. The first-order valence-corrected chi connectivity index (χ1v) is 15.2. The molecular formula is C28H22F3NNa2O9S2. The molecule has 4 atom stereocenters. The molecular weight excluding hydrogens is 661 g/mol.